The van der Waals surface area contributed by atoms with Crippen LogP contribution in [0.25, 0.3) is 10.2 Å². The third kappa shape index (κ3) is 3.74. The number of carbonyl (C=O) groups is 1. The van der Waals surface area contributed by atoms with Gasteiger partial charge in [-0.3, -0.25) is 4.79 Å². The zero-order valence-electron chi connectivity index (χ0n) is 15.9. The number of nitrogens with zero attached hydrogens (tertiary/aromatic N) is 1. The molecule has 0 saturated heterocycles. The molecule has 4 nitrogen and oxygen atoms in total. The second-order valence-corrected chi connectivity index (χ2v) is 8.44. The van der Waals surface area contributed by atoms with Crippen LogP contribution < -0.4 is 11.1 Å². The number of aryl methyl sites for hydroxylation is 1. The van der Waals surface area contributed by atoms with Crippen molar-refractivity contribution >= 4 is 33.1 Å². The molecule has 2 heterocycles. The number of hydrogen-bond acceptors (Lipinski definition) is 4. The van der Waals surface area contributed by atoms with Crippen molar-refractivity contribution in [1.82, 2.24) is 10.3 Å². The van der Waals surface area contributed by atoms with Crippen LogP contribution in [0.2, 0.25) is 0 Å². The zero-order chi connectivity index (χ0) is 19.7. The molecule has 0 unspecified atom stereocenters. The summed E-state index contributed by atoms with van der Waals surface area (Å²) in [5, 5.41) is 3.81. The summed E-state index contributed by atoms with van der Waals surface area (Å²) >= 11 is 1.36. The van der Waals surface area contributed by atoms with Gasteiger partial charge in [0, 0.05) is 17.6 Å². The summed E-state index contributed by atoms with van der Waals surface area (Å²) in [7, 11) is 0. The lowest BCUT2D eigenvalue weighted by atomic mass is 9.85. The molecule has 3 N–H and O–H groups in total. The molecule has 1 aliphatic rings. The summed E-state index contributed by atoms with van der Waals surface area (Å²) in [6, 6.07) is 8.45. The highest BCUT2D eigenvalue weighted by molar-refractivity contribution is 7.21. The molecular weight excluding hydrogens is 373 g/mol. The Kier molecular flexibility index (Phi) is 5.31. The van der Waals surface area contributed by atoms with Gasteiger partial charge in [-0.25, -0.2) is 9.37 Å². The maximum absolute atomic E-state index is 13.0. The van der Waals surface area contributed by atoms with E-state index in [-0.39, 0.29) is 11.7 Å². The van der Waals surface area contributed by atoms with Crippen LogP contribution in [-0.4, -0.2) is 17.4 Å². The minimum atomic E-state index is -0.258. The van der Waals surface area contributed by atoms with E-state index < -0.39 is 0 Å². The number of pyridine rings is 1. The van der Waals surface area contributed by atoms with Crippen LogP contribution in [0.4, 0.5) is 10.1 Å². The number of carbonyl (C=O) groups excluding carboxylic acids is 1. The normalized spacial score (nSPS) is 16.1. The lowest BCUT2D eigenvalue weighted by Crippen LogP contribution is -2.25. The van der Waals surface area contributed by atoms with Gasteiger partial charge in [0.1, 0.15) is 15.5 Å². The lowest BCUT2D eigenvalue weighted by molar-refractivity contribution is 0.0959. The number of aromatic nitrogens is 1. The van der Waals surface area contributed by atoms with Crippen LogP contribution in [0, 0.1) is 11.7 Å². The number of halogens is 1. The zero-order valence-corrected chi connectivity index (χ0v) is 16.7. The quantitative estimate of drug-likeness (QED) is 0.666. The highest BCUT2D eigenvalue weighted by Crippen LogP contribution is 2.36. The van der Waals surface area contributed by atoms with Gasteiger partial charge in [-0.2, -0.15) is 0 Å². The fraction of sp³-hybridized carbons (Fsp3) is 0.364. The van der Waals surface area contributed by atoms with E-state index in [4.69, 9.17) is 10.7 Å². The Bertz CT molecular complexity index is 1010. The fourth-order valence-electron chi connectivity index (χ4n) is 3.83. The molecule has 1 amide bonds. The van der Waals surface area contributed by atoms with Gasteiger partial charge < -0.3 is 11.1 Å². The van der Waals surface area contributed by atoms with E-state index >= 15 is 0 Å². The number of fused-ring (bicyclic) bond motifs is 2. The number of benzene rings is 1. The van der Waals surface area contributed by atoms with Gasteiger partial charge >= 0.3 is 0 Å². The van der Waals surface area contributed by atoms with Crippen LogP contribution in [0.3, 0.4) is 0 Å². The molecule has 4 rings (SSSR count). The van der Waals surface area contributed by atoms with Crippen LogP contribution in [0.1, 0.15) is 46.3 Å². The predicted octanol–water partition coefficient (Wildman–Crippen LogP) is 4.51. The van der Waals surface area contributed by atoms with Gasteiger partial charge in [0.15, 0.2) is 0 Å². The van der Waals surface area contributed by atoms with E-state index in [2.05, 4.69) is 18.3 Å². The molecule has 146 valence electrons. The van der Waals surface area contributed by atoms with Crippen molar-refractivity contribution in [3.05, 3.63) is 57.8 Å². The molecule has 0 bridgehead atoms. The second-order valence-electron chi connectivity index (χ2n) is 7.44. The lowest BCUT2D eigenvalue weighted by Gasteiger charge is -2.22. The smallest absolute Gasteiger partial charge is 0.263 e. The third-order valence-corrected chi connectivity index (χ3v) is 6.70. The summed E-state index contributed by atoms with van der Waals surface area (Å²) < 4.78 is 13.0. The molecule has 0 saturated carbocycles. The van der Waals surface area contributed by atoms with Crippen LogP contribution in [-0.2, 0) is 19.3 Å². The Labute approximate surface area is 168 Å². The van der Waals surface area contributed by atoms with Crippen molar-refractivity contribution in [3.63, 3.8) is 0 Å². The van der Waals surface area contributed by atoms with Gasteiger partial charge in [0.2, 0.25) is 0 Å². The molecule has 0 spiro atoms. The average Bonchev–Trinajstić information content (AvgIpc) is 3.03. The number of nitrogens with two attached hydrogens (primary N) is 1. The molecule has 3 aromatic rings. The minimum Gasteiger partial charge on any atom is -0.397 e. The van der Waals surface area contributed by atoms with Gasteiger partial charge in [0.05, 0.1) is 5.69 Å². The first kappa shape index (κ1) is 18.9. The standard InChI is InChI=1S/C22H24FN3OS/c1-2-13-5-8-18-15(11-13)12-17-19(24)20(28-22(17)26-18)21(27)25-10-9-14-3-6-16(23)7-4-14/h3-4,6-7,12-13H,2,5,8-11,24H2,1H3,(H,25,27)/t13-/m1/s1. The molecule has 28 heavy (non-hydrogen) atoms. The Hall–Kier alpha value is -2.47. The number of thiophene rings is 1. The summed E-state index contributed by atoms with van der Waals surface area (Å²) in [5.74, 6) is 0.277. The Balaban J connectivity index is 1.49. The molecule has 2 aromatic heterocycles. The van der Waals surface area contributed by atoms with E-state index in [0.717, 1.165) is 34.3 Å². The fourth-order valence-corrected chi connectivity index (χ4v) is 4.85. The van der Waals surface area contributed by atoms with Gasteiger partial charge in [0.25, 0.3) is 5.91 Å². The van der Waals surface area contributed by atoms with Crippen molar-refractivity contribution in [2.24, 2.45) is 5.92 Å². The largest absolute Gasteiger partial charge is 0.397 e. The number of anilines is 1. The molecular formula is C22H24FN3OS. The summed E-state index contributed by atoms with van der Waals surface area (Å²) in [6.07, 6.45) is 5.05. The van der Waals surface area contributed by atoms with E-state index in [1.807, 2.05) is 0 Å². The van der Waals surface area contributed by atoms with Crippen LogP contribution in [0.5, 0.6) is 0 Å². The first-order valence-corrected chi connectivity index (χ1v) is 10.6. The Morgan fingerprint density at radius 2 is 2.14 bits per heavy atom. The number of rotatable bonds is 5. The van der Waals surface area contributed by atoms with E-state index in [9.17, 15) is 9.18 Å². The van der Waals surface area contributed by atoms with Crippen molar-refractivity contribution in [1.29, 1.82) is 0 Å². The first-order chi connectivity index (χ1) is 13.5. The SMILES string of the molecule is CC[C@@H]1CCc2nc3sc(C(=O)NCCc4ccc(F)cc4)c(N)c3cc2C1. The third-order valence-electron chi connectivity index (χ3n) is 5.58. The van der Waals surface area contributed by atoms with E-state index in [0.29, 0.717) is 29.4 Å². The van der Waals surface area contributed by atoms with Crippen LogP contribution in [0.15, 0.2) is 30.3 Å². The van der Waals surface area contributed by atoms with E-state index in [1.165, 1.54) is 41.9 Å². The van der Waals surface area contributed by atoms with Crippen molar-refractivity contribution in [2.75, 3.05) is 12.3 Å². The molecule has 1 aliphatic carbocycles. The predicted molar refractivity (Wildman–Crippen MR) is 112 cm³/mol. The molecule has 0 aliphatic heterocycles. The highest BCUT2D eigenvalue weighted by atomic mass is 32.1. The number of nitrogen functional groups attached to an aromatic ring is 1. The highest BCUT2D eigenvalue weighted by Gasteiger charge is 2.23. The van der Waals surface area contributed by atoms with Gasteiger partial charge in [-0.1, -0.05) is 25.5 Å². The topological polar surface area (TPSA) is 68.0 Å². The maximum atomic E-state index is 13.0. The minimum absolute atomic E-state index is 0.174. The molecule has 0 radical (unpaired) electrons. The molecule has 0 fully saturated rings. The van der Waals surface area contributed by atoms with Crippen molar-refractivity contribution in [3.8, 4) is 0 Å². The monoisotopic (exact) mass is 397 g/mol. The number of nitrogens with one attached hydrogen (secondary N) is 1. The Morgan fingerprint density at radius 3 is 2.89 bits per heavy atom. The second kappa shape index (κ2) is 7.87. The maximum Gasteiger partial charge on any atom is 0.263 e. The van der Waals surface area contributed by atoms with Crippen LogP contribution >= 0.6 is 11.3 Å². The first-order valence-electron chi connectivity index (χ1n) is 9.78. The number of amides is 1. The molecule has 1 atom stereocenters. The average molecular weight is 398 g/mol. The summed E-state index contributed by atoms with van der Waals surface area (Å²) in [6.45, 7) is 2.70. The summed E-state index contributed by atoms with van der Waals surface area (Å²) in [4.78, 5) is 18.8. The summed E-state index contributed by atoms with van der Waals surface area (Å²) in [5.41, 5.74) is 10.2. The van der Waals surface area contributed by atoms with Gasteiger partial charge in [-0.05, 0) is 60.9 Å². The van der Waals surface area contributed by atoms with E-state index in [1.54, 1.807) is 12.1 Å². The molecule has 6 heteroatoms. The van der Waals surface area contributed by atoms with Gasteiger partial charge in [-0.15, -0.1) is 11.3 Å². The van der Waals surface area contributed by atoms with Crippen molar-refractivity contribution in [2.45, 2.75) is 39.0 Å². The van der Waals surface area contributed by atoms with Crippen molar-refractivity contribution < 1.29 is 9.18 Å². The molecule has 1 aromatic carbocycles. The number of hydrogen-bond donors (Lipinski definition) is 2. The Morgan fingerprint density at radius 1 is 1.36 bits per heavy atom.